The Morgan fingerprint density at radius 2 is 2.27 bits per heavy atom. The Kier molecular flexibility index (Phi) is 2.73. The minimum Gasteiger partial charge on any atom is -0.388 e. The molecule has 2 rings (SSSR count). The van der Waals surface area contributed by atoms with E-state index < -0.39 is 6.10 Å². The number of aliphatic hydroxyl groups is 1. The molecule has 0 saturated carbocycles. The predicted molar refractivity (Wildman–Crippen MR) is 53.9 cm³/mol. The van der Waals surface area contributed by atoms with Gasteiger partial charge in [0.2, 0.25) is 0 Å². The summed E-state index contributed by atoms with van der Waals surface area (Å²) in [6.07, 6.45) is 6.77. The van der Waals surface area contributed by atoms with Crippen molar-refractivity contribution in [3.05, 3.63) is 42.0 Å². The maximum atomic E-state index is 9.88. The van der Waals surface area contributed by atoms with Crippen LogP contribution in [-0.2, 0) is 13.5 Å². The topological polar surface area (TPSA) is 63.8 Å². The second-order valence-corrected chi connectivity index (χ2v) is 3.42. The molecule has 15 heavy (non-hydrogen) atoms. The van der Waals surface area contributed by atoms with Gasteiger partial charge in [-0.15, -0.1) is 0 Å². The van der Waals surface area contributed by atoms with Gasteiger partial charge in [0.05, 0.1) is 18.5 Å². The molecule has 0 radical (unpaired) electrons. The van der Waals surface area contributed by atoms with Gasteiger partial charge in [-0.2, -0.15) is 15.3 Å². The highest BCUT2D eigenvalue weighted by atomic mass is 16.3. The fourth-order valence-corrected chi connectivity index (χ4v) is 1.42. The van der Waals surface area contributed by atoms with Gasteiger partial charge >= 0.3 is 0 Å². The first-order valence-corrected chi connectivity index (χ1v) is 4.68. The van der Waals surface area contributed by atoms with Crippen molar-refractivity contribution in [2.24, 2.45) is 7.05 Å². The lowest BCUT2D eigenvalue weighted by atomic mass is 10.1. The van der Waals surface area contributed by atoms with Gasteiger partial charge in [0.25, 0.3) is 0 Å². The van der Waals surface area contributed by atoms with Crippen molar-refractivity contribution in [2.45, 2.75) is 12.5 Å². The third kappa shape index (κ3) is 2.38. The van der Waals surface area contributed by atoms with Crippen molar-refractivity contribution in [3.8, 4) is 0 Å². The fraction of sp³-hybridized carbons (Fsp3) is 0.300. The zero-order valence-electron chi connectivity index (χ0n) is 8.41. The van der Waals surface area contributed by atoms with Crippen molar-refractivity contribution < 1.29 is 5.11 Å². The summed E-state index contributed by atoms with van der Waals surface area (Å²) in [6, 6.07) is 1.76. The molecule has 0 bridgehead atoms. The summed E-state index contributed by atoms with van der Waals surface area (Å²) in [5.74, 6) is 0. The summed E-state index contributed by atoms with van der Waals surface area (Å²) < 4.78 is 1.72. The number of aromatic nitrogens is 4. The molecule has 2 heterocycles. The van der Waals surface area contributed by atoms with E-state index in [1.165, 1.54) is 0 Å². The third-order valence-electron chi connectivity index (χ3n) is 2.18. The first kappa shape index (κ1) is 9.79. The smallest absolute Gasteiger partial charge is 0.0847 e. The molecule has 2 aromatic rings. The maximum Gasteiger partial charge on any atom is 0.0847 e. The van der Waals surface area contributed by atoms with Crippen LogP contribution in [0.1, 0.15) is 17.2 Å². The van der Waals surface area contributed by atoms with Crippen molar-refractivity contribution >= 4 is 0 Å². The molecule has 1 unspecified atom stereocenters. The minimum absolute atomic E-state index is 0.541. The van der Waals surface area contributed by atoms with E-state index in [-0.39, 0.29) is 0 Å². The second-order valence-electron chi connectivity index (χ2n) is 3.42. The highest BCUT2D eigenvalue weighted by molar-refractivity contribution is 5.14. The van der Waals surface area contributed by atoms with E-state index in [1.54, 1.807) is 29.3 Å². The Balaban J connectivity index is 2.07. The molecule has 0 aliphatic heterocycles. The van der Waals surface area contributed by atoms with Gasteiger partial charge in [-0.3, -0.25) is 4.68 Å². The van der Waals surface area contributed by atoms with Gasteiger partial charge < -0.3 is 5.11 Å². The lowest BCUT2D eigenvalue weighted by Crippen LogP contribution is -2.02. The SMILES string of the molecule is Cn1cc(CC(O)c2ccnnc2)cn1. The van der Waals surface area contributed by atoms with E-state index >= 15 is 0 Å². The molecular formula is C10H12N4O. The summed E-state index contributed by atoms with van der Waals surface area (Å²) in [5, 5.41) is 21.3. The molecular weight excluding hydrogens is 192 g/mol. The van der Waals surface area contributed by atoms with Crippen LogP contribution in [0.2, 0.25) is 0 Å². The van der Waals surface area contributed by atoms with Gasteiger partial charge in [-0.1, -0.05) is 0 Å². The van der Waals surface area contributed by atoms with Crippen LogP contribution in [0.5, 0.6) is 0 Å². The zero-order valence-corrected chi connectivity index (χ0v) is 8.41. The van der Waals surface area contributed by atoms with Crippen LogP contribution in [0.4, 0.5) is 0 Å². The molecule has 5 nitrogen and oxygen atoms in total. The first-order valence-electron chi connectivity index (χ1n) is 4.68. The van der Waals surface area contributed by atoms with E-state index in [0.29, 0.717) is 6.42 Å². The summed E-state index contributed by atoms with van der Waals surface area (Å²) in [4.78, 5) is 0. The standard InChI is InChI=1S/C10H12N4O/c1-14-7-8(5-13-14)4-10(15)9-2-3-11-12-6-9/h2-3,5-7,10,15H,4H2,1H3. The maximum absolute atomic E-state index is 9.88. The number of rotatable bonds is 3. The molecule has 0 fully saturated rings. The summed E-state index contributed by atoms with van der Waals surface area (Å²) >= 11 is 0. The zero-order chi connectivity index (χ0) is 10.7. The largest absolute Gasteiger partial charge is 0.388 e. The molecule has 0 amide bonds. The molecule has 5 heteroatoms. The molecule has 0 aliphatic rings. The van der Waals surface area contributed by atoms with Gasteiger partial charge in [0.1, 0.15) is 0 Å². The molecule has 2 aromatic heterocycles. The van der Waals surface area contributed by atoms with Crippen LogP contribution in [0.25, 0.3) is 0 Å². The predicted octanol–water partition coefficient (Wildman–Crippen LogP) is 0.486. The number of hydrogen-bond acceptors (Lipinski definition) is 4. The van der Waals surface area contributed by atoms with Crippen molar-refractivity contribution in [1.29, 1.82) is 0 Å². The third-order valence-corrected chi connectivity index (χ3v) is 2.18. The monoisotopic (exact) mass is 204 g/mol. The van der Waals surface area contributed by atoms with E-state index in [9.17, 15) is 5.11 Å². The van der Waals surface area contributed by atoms with E-state index in [2.05, 4.69) is 15.3 Å². The van der Waals surface area contributed by atoms with Crippen LogP contribution in [0.3, 0.4) is 0 Å². The number of hydrogen-bond donors (Lipinski definition) is 1. The van der Waals surface area contributed by atoms with E-state index in [1.807, 2.05) is 13.2 Å². The van der Waals surface area contributed by atoms with Crippen LogP contribution in [0.15, 0.2) is 30.9 Å². The van der Waals surface area contributed by atoms with Crippen LogP contribution in [0, 0.1) is 0 Å². The molecule has 0 spiro atoms. The Labute approximate surface area is 87.4 Å². The number of nitrogens with zero attached hydrogens (tertiary/aromatic N) is 4. The van der Waals surface area contributed by atoms with Crippen molar-refractivity contribution in [2.75, 3.05) is 0 Å². The highest BCUT2D eigenvalue weighted by Gasteiger charge is 2.09. The fourth-order valence-electron chi connectivity index (χ4n) is 1.42. The van der Waals surface area contributed by atoms with Gasteiger partial charge in [0.15, 0.2) is 0 Å². The number of aliphatic hydroxyl groups excluding tert-OH is 1. The Hall–Kier alpha value is -1.75. The highest BCUT2D eigenvalue weighted by Crippen LogP contribution is 2.15. The van der Waals surface area contributed by atoms with Crippen LogP contribution >= 0.6 is 0 Å². The van der Waals surface area contributed by atoms with E-state index in [4.69, 9.17) is 0 Å². The first-order chi connectivity index (χ1) is 7.25. The summed E-state index contributed by atoms with van der Waals surface area (Å²) in [7, 11) is 1.85. The lowest BCUT2D eigenvalue weighted by molar-refractivity contribution is 0.178. The molecule has 0 aromatic carbocycles. The van der Waals surface area contributed by atoms with Gasteiger partial charge in [-0.05, 0) is 11.6 Å². The number of aryl methyl sites for hydroxylation is 1. The van der Waals surface area contributed by atoms with Crippen molar-refractivity contribution in [3.63, 3.8) is 0 Å². The molecule has 1 atom stereocenters. The minimum atomic E-state index is -0.551. The Bertz CT molecular complexity index is 426. The summed E-state index contributed by atoms with van der Waals surface area (Å²) in [6.45, 7) is 0. The summed E-state index contributed by atoms with van der Waals surface area (Å²) in [5.41, 5.74) is 1.77. The average molecular weight is 204 g/mol. The van der Waals surface area contributed by atoms with Crippen LogP contribution < -0.4 is 0 Å². The van der Waals surface area contributed by atoms with Gasteiger partial charge in [0, 0.05) is 31.4 Å². The van der Waals surface area contributed by atoms with E-state index in [0.717, 1.165) is 11.1 Å². The van der Waals surface area contributed by atoms with Crippen LogP contribution in [-0.4, -0.2) is 25.1 Å². The molecule has 0 aliphatic carbocycles. The quantitative estimate of drug-likeness (QED) is 0.790. The van der Waals surface area contributed by atoms with Crippen molar-refractivity contribution in [1.82, 2.24) is 20.0 Å². The van der Waals surface area contributed by atoms with Gasteiger partial charge in [-0.25, -0.2) is 0 Å². The Morgan fingerprint density at radius 1 is 1.40 bits per heavy atom. The second kappa shape index (κ2) is 4.18. The Morgan fingerprint density at radius 3 is 2.87 bits per heavy atom. The average Bonchev–Trinajstić information content (AvgIpc) is 2.65. The normalized spacial score (nSPS) is 12.7. The molecule has 0 saturated heterocycles. The molecule has 78 valence electrons. The lowest BCUT2D eigenvalue weighted by Gasteiger charge is -2.07. The molecule has 1 N–H and O–H groups in total.